The van der Waals surface area contributed by atoms with Gasteiger partial charge in [-0.05, 0) is 44.4 Å². The number of nitrogens with one attached hydrogen (secondary N) is 1. The summed E-state index contributed by atoms with van der Waals surface area (Å²) in [6.07, 6.45) is 1.56. The van der Waals surface area contributed by atoms with E-state index in [2.05, 4.69) is 5.32 Å². The molecule has 1 saturated heterocycles. The van der Waals surface area contributed by atoms with Crippen molar-refractivity contribution in [1.82, 2.24) is 5.32 Å². The van der Waals surface area contributed by atoms with Gasteiger partial charge in [0, 0.05) is 24.1 Å². The van der Waals surface area contributed by atoms with E-state index in [9.17, 15) is 4.79 Å². The van der Waals surface area contributed by atoms with Crippen LogP contribution in [0, 0.1) is 5.92 Å². The van der Waals surface area contributed by atoms with Gasteiger partial charge in [0.2, 0.25) is 5.91 Å². The predicted molar refractivity (Wildman–Crippen MR) is 86.9 cm³/mol. The summed E-state index contributed by atoms with van der Waals surface area (Å²) in [5.74, 6) is 0.145. The summed E-state index contributed by atoms with van der Waals surface area (Å²) in [5.41, 5.74) is 0.868. The molecule has 1 aliphatic heterocycles. The first-order valence-corrected chi connectivity index (χ1v) is 8.08. The number of amides is 1. The Balaban J connectivity index is 1.62. The number of hydrogen-bond acceptors (Lipinski definition) is 3. The predicted octanol–water partition coefficient (Wildman–Crippen LogP) is 3.18. The Bertz CT molecular complexity index is 487. The van der Waals surface area contributed by atoms with Crippen molar-refractivity contribution in [3.8, 4) is 0 Å². The Morgan fingerprint density at radius 3 is 2.82 bits per heavy atom. The minimum atomic E-state index is -0.203. The second kappa shape index (κ2) is 7.95. The summed E-state index contributed by atoms with van der Waals surface area (Å²) in [7, 11) is 0. The fraction of sp³-hybridized carbons (Fsp3) is 0.588. The Morgan fingerprint density at radius 2 is 2.14 bits per heavy atom. The zero-order valence-corrected chi connectivity index (χ0v) is 14.0. The SMILES string of the molecule is CC1(C)CC(C(=O)NCCOCc2ccc(Cl)cc2)CCO1. The molecule has 0 aliphatic carbocycles. The van der Waals surface area contributed by atoms with Crippen LogP contribution in [0.3, 0.4) is 0 Å². The van der Waals surface area contributed by atoms with Gasteiger partial charge in [-0.3, -0.25) is 4.79 Å². The molecule has 0 radical (unpaired) electrons. The molecule has 0 saturated carbocycles. The van der Waals surface area contributed by atoms with Crippen molar-refractivity contribution >= 4 is 17.5 Å². The van der Waals surface area contributed by atoms with E-state index in [0.29, 0.717) is 26.4 Å². The third-order valence-electron chi connectivity index (χ3n) is 3.80. The van der Waals surface area contributed by atoms with Crippen molar-refractivity contribution in [2.24, 2.45) is 5.92 Å². The van der Waals surface area contributed by atoms with Gasteiger partial charge in [-0.15, -0.1) is 0 Å². The highest BCUT2D eigenvalue weighted by Crippen LogP contribution is 2.28. The molecule has 0 bridgehead atoms. The highest BCUT2D eigenvalue weighted by atomic mass is 35.5. The van der Waals surface area contributed by atoms with E-state index < -0.39 is 0 Å². The van der Waals surface area contributed by atoms with Gasteiger partial charge in [-0.2, -0.15) is 0 Å². The second-order valence-corrected chi connectivity index (χ2v) is 6.70. The molecule has 2 rings (SSSR count). The zero-order valence-electron chi connectivity index (χ0n) is 13.2. The Morgan fingerprint density at radius 1 is 1.41 bits per heavy atom. The molecule has 122 valence electrons. The van der Waals surface area contributed by atoms with Crippen molar-refractivity contribution in [2.75, 3.05) is 19.8 Å². The maximum absolute atomic E-state index is 12.1. The molecule has 1 aromatic carbocycles. The molecule has 1 N–H and O–H groups in total. The summed E-state index contributed by atoms with van der Waals surface area (Å²) in [6, 6.07) is 7.56. The number of ether oxygens (including phenoxy) is 2. The van der Waals surface area contributed by atoms with Crippen LogP contribution in [0.15, 0.2) is 24.3 Å². The molecule has 1 heterocycles. The Hall–Kier alpha value is -1.10. The molecule has 4 nitrogen and oxygen atoms in total. The van der Waals surface area contributed by atoms with Crippen LogP contribution in [-0.2, 0) is 20.9 Å². The minimum Gasteiger partial charge on any atom is -0.376 e. The number of rotatable bonds is 6. The van der Waals surface area contributed by atoms with E-state index in [-0.39, 0.29) is 17.4 Å². The summed E-state index contributed by atoms with van der Waals surface area (Å²) in [6.45, 7) is 6.27. The van der Waals surface area contributed by atoms with Gasteiger partial charge < -0.3 is 14.8 Å². The lowest BCUT2D eigenvalue weighted by Gasteiger charge is -2.34. The highest BCUT2D eigenvalue weighted by Gasteiger charge is 2.32. The number of carbonyl (C=O) groups is 1. The molecule has 1 aromatic rings. The molecule has 5 heteroatoms. The van der Waals surface area contributed by atoms with Crippen LogP contribution in [0.25, 0.3) is 0 Å². The van der Waals surface area contributed by atoms with Crippen molar-refractivity contribution < 1.29 is 14.3 Å². The summed E-state index contributed by atoms with van der Waals surface area (Å²) >= 11 is 5.83. The van der Waals surface area contributed by atoms with Crippen molar-refractivity contribution in [1.29, 1.82) is 0 Å². The van der Waals surface area contributed by atoms with Gasteiger partial charge in [0.05, 0.1) is 18.8 Å². The molecular formula is C17H24ClNO3. The fourth-order valence-electron chi connectivity index (χ4n) is 2.62. The second-order valence-electron chi connectivity index (χ2n) is 6.27. The first-order valence-electron chi connectivity index (χ1n) is 7.70. The molecule has 1 atom stereocenters. The smallest absolute Gasteiger partial charge is 0.223 e. The average molecular weight is 326 g/mol. The molecule has 0 spiro atoms. The summed E-state index contributed by atoms with van der Waals surface area (Å²) in [4.78, 5) is 12.1. The van der Waals surface area contributed by atoms with E-state index in [4.69, 9.17) is 21.1 Å². The minimum absolute atomic E-state index is 0.0417. The van der Waals surface area contributed by atoms with Crippen LogP contribution >= 0.6 is 11.6 Å². The molecular weight excluding hydrogens is 302 g/mol. The molecule has 1 aliphatic rings. The fourth-order valence-corrected chi connectivity index (χ4v) is 2.74. The molecule has 1 fully saturated rings. The number of hydrogen-bond donors (Lipinski definition) is 1. The standard InChI is InChI=1S/C17H24ClNO3/c1-17(2)11-14(7-9-22-17)16(20)19-8-10-21-12-13-3-5-15(18)6-4-13/h3-6,14H,7-12H2,1-2H3,(H,19,20). The maximum atomic E-state index is 12.1. The van der Waals surface area contributed by atoms with E-state index in [0.717, 1.165) is 23.4 Å². The van der Waals surface area contributed by atoms with Crippen LogP contribution in [-0.4, -0.2) is 31.3 Å². The van der Waals surface area contributed by atoms with Gasteiger partial charge in [0.15, 0.2) is 0 Å². The normalized spacial score (nSPS) is 20.6. The third kappa shape index (κ3) is 5.59. The number of carbonyl (C=O) groups excluding carboxylic acids is 1. The molecule has 1 unspecified atom stereocenters. The van der Waals surface area contributed by atoms with Gasteiger partial charge in [0.1, 0.15) is 0 Å². The zero-order chi connectivity index (χ0) is 16.0. The third-order valence-corrected chi connectivity index (χ3v) is 4.05. The lowest BCUT2D eigenvalue weighted by molar-refractivity contribution is -0.135. The van der Waals surface area contributed by atoms with Crippen LogP contribution < -0.4 is 5.32 Å². The maximum Gasteiger partial charge on any atom is 0.223 e. The van der Waals surface area contributed by atoms with Crippen molar-refractivity contribution in [3.05, 3.63) is 34.9 Å². The van der Waals surface area contributed by atoms with Crippen LogP contribution in [0.1, 0.15) is 32.3 Å². The number of halogens is 1. The van der Waals surface area contributed by atoms with E-state index in [1.54, 1.807) is 0 Å². The summed E-state index contributed by atoms with van der Waals surface area (Å²) in [5, 5.41) is 3.66. The topological polar surface area (TPSA) is 47.6 Å². The van der Waals surface area contributed by atoms with E-state index in [1.807, 2.05) is 38.1 Å². The number of benzene rings is 1. The first-order chi connectivity index (χ1) is 10.5. The van der Waals surface area contributed by atoms with E-state index in [1.165, 1.54) is 0 Å². The lowest BCUT2D eigenvalue weighted by Crippen LogP contribution is -2.42. The largest absolute Gasteiger partial charge is 0.376 e. The van der Waals surface area contributed by atoms with Gasteiger partial charge in [-0.25, -0.2) is 0 Å². The van der Waals surface area contributed by atoms with E-state index >= 15 is 0 Å². The lowest BCUT2D eigenvalue weighted by atomic mass is 9.88. The van der Waals surface area contributed by atoms with Crippen LogP contribution in [0.4, 0.5) is 0 Å². The van der Waals surface area contributed by atoms with Crippen molar-refractivity contribution in [2.45, 2.75) is 38.9 Å². The average Bonchev–Trinajstić information content (AvgIpc) is 2.47. The molecule has 1 amide bonds. The van der Waals surface area contributed by atoms with Gasteiger partial charge in [0.25, 0.3) is 0 Å². The first kappa shape index (κ1) is 17.3. The highest BCUT2D eigenvalue weighted by molar-refractivity contribution is 6.30. The molecule has 22 heavy (non-hydrogen) atoms. The van der Waals surface area contributed by atoms with Crippen molar-refractivity contribution in [3.63, 3.8) is 0 Å². The van der Waals surface area contributed by atoms with Crippen LogP contribution in [0.5, 0.6) is 0 Å². The van der Waals surface area contributed by atoms with Gasteiger partial charge in [-0.1, -0.05) is 23.7 Å². The quantitative estimate of drug-likeness (QED) is 0.817. The monoisotopic (exact) mass is 325 g/mol. The Kier molecular flexibility index (Phi) is 6.24. The van der Waals surface area contributed by atoms with Crippen LogP contribution in [0.2, 0.25) is 5.02 Å². The molecule has 0 aromatic heterocycles. The van der Waals surface area contributed by atoms with Gasteiger partial charge >= 0.3 is 0 Å². The Labute approximate surface area is 137 Å². The summed E-state index contributed by atoms with van der Waals surface area (Å²) < 4.78 is 11.2.